The topological polar surface area (TPSA) is 63.7 Å². The Morgan fingerprint density at radius 2 is 1.65 bits per heavy atom. The molecule has 0 bridgehead atoms. The van der Waals surface area contributed by atoms with Gasteiger partial charge in [0.15, 0.2) is 11.5 Å². The zero-order valence-electron chi connectivity index (χ0n) is 21.2. The molecule has 4 aromatic rings. The molecule has 8 heteroatoms. The van der Waals surface area contributed by atoms with E-state index >= 15 is 0 Å². The van der Waals surface area contributed by atoms with Gasteiger partial charge in [-0.3, -0.25) is 9.69 Å². The normalized spacial score (nSPS) is 10.9. The van der Waals surface area contributed by atoms with Crippen LogP contribution in [0.4, 0.5) is 10.1 Å². The molecule has 1 amide bonds. The molecule has 0 spiro atoms. The number of rotatable bonds is 11. The minimum Gasteiger partial charge on any atom is -0.493 e. The number of aryl methyl sites for hydroxylation is 1. The van der Waals surface area contributed by atoms with Crippen molar-refractivity contribution in [1.29, 1.82) is 0 Å². The zero-order chi connectivity index (χ0) is 26.2. The molecule has 0 fully saturated rings. The van der Waals surface area contributed by atoms with E-state index in [-0.39, 0.29) is 11.7 Å². The van der Waals surface area contributed by atoms with E-state index in [0.717, 1.165) is 30.1 Å². The highest BCUT2D eigenvalue weighted by Crippen LogP contribution is 2.28. The Kier molecular flexibility index (Phi) is 8.87. The van der Waals surface area contributed by atoms with Crippen LogP contribution < -0.4 is 14.8 Å². The molecule has 3 aromatic carbocycles. The number of methoxy groups -OCH3 is 2. The van der Waals surface area contributed by atoms with Gasteiger partial charge in [0.05, 0.1) is 20.8 Å². The molecule has 0 unspecified atom stereocenters. The number of carbonyl (C=O) groups is 1. The number of hydrogen-bond donors (Lipinski definition) is 1. The van der Waals surface area contributed by atoms with Crippen molar-refractivity contribution in [3.05, 3.63) is 105 Å². The van der Waals surface area contributed by atoms with Gasteiger partial charge in [0.25, 0.3) is 5.91 Å². The predicted molar refractivity (Wildman–Crippen MR) is 145 cm³/mol. The third kappa shape index (κ3) is 7.38. The van der Waals surface area contributed by atoms with Crippen molar-refractivity contribution >= 4 is 22.9 Å². The summed E-state index contributed by atoms with van der Waals surface area (Å²) in [5.41, 5.74) is 4.45. The van der Waals surface area contributed by atoms with Crippen molar-refractivity contribution in [2.45, 2.75) is 26.4 Å². The average Bonchev–Trinajstić information content (AvgIpc) is 3.38. The Bertz CT molecular complexity index is 1320. The molecule has 0 aliphatic carbocycles. The molecule has 6 nitrogen and oxygen atoms in total. The van der Waals surface area contributed by atoms with Gasteiger partial charge in [-0.1, -0.05) is 35.9 Å². The monoisotopic (exact) mass is 519 g/mol. The lowest BCUT2D eigenvalue weighted by Crippen LogP contribution is -2.25. The van der Waals surface area contributed by atoms with E-state index in [4.69, 9.17) is 9.47 Å². The van der Waals surface area contributed by atoms with Crippen LogP contribution in [0.25, 0.3) is 0 Å². The van der Waals surface area contributed by atoms with Gasteiger partial charge in [0, 0.05) is 24.2 Å². The second-order valence-corrected chi connectivity index (χ2v) is 9.67. The molecule has 1 heterocycles. The highest BCUT2D eigenvalue weighted by Gasteiger charge is 2.15. The van der Waals surface area contributed by atoms with Crippen molar-refractivity contribution < 1.29 is 18.7 Å². The maximum Gasteiger partial charge on any atom is 0.275 e. The lowest BCUT2D eigenvalue weighted by Gasteiger charge is -2.22. The number of amides is 1. The van der Waals surface area contributed by atoms with Crippen LogP contribution in [0.3, 0.4) is 0 Å². The van der Waals surface area contributed by atoms with Crippen LogP contribution in [0.2, 0.25) is 0 Å². The van der Waals surface area contributed by atoms with E-state index in [2.05, 4.69) is 46.4 Å². The van der Waals surface area contributed by atoms with Gasteiger partial charge in [0.2, 0.25) is 0 Å². The number of nitrogens with one attached hydrogen (secondary N) is 1. The molecule has 4 rings (SSSR count). The Balaban J connectivity index is 1.46. The van der Waals surface area contributed by atoms with Crippen LogP contribution in [0, 0.1) is 12.7 Å². The van der Waals surface area contributed by atoms with Crippen molar-refractivity contribution in [3.8, 4) is 11.5 Å². The fourth-order valence-corrected chi connectivity index (χ4v) is 4.71. The number of hydrogen-bond acceptors (Lipinski definition) is 6. The fraction of sp³-hybridized carbons (Fsp3) is 0.241. The summed E-state index contributed by atoms with van der Waals surface area (Å²) in [5, 5.41) is 5.37. The van der Waals surface area contributed by atoms with Crippen molar-refractivity contribution in [1.82, 2.24) is 9.88 Å². The number of benzene rings is 3. The molecule has 0 radical (unpaired) electrons. The third-order valence-electron chi connectivity index (χ3n) is 5.94. The van der Waals surface area contributed by atoms with E-state index in [1.807, 2.05) is 18.2 Å². The van der Waals surface area contributed by atoms with Crippen LogP contribution in [-0.2, 0) is 19.5 Å². The highest BCUT2D eigenvalue weighted by molar-refractivity contribution is 7.09. The molecule has 0 aliphatic rings. The Morgan fingerprint density at radius 1 is 0.946 bits per heavy atom. The lowest BCUT2D eigenvalue weighted by molar-refractivity contribution is 0.102. The second-order valence-electron chi connectivity index (χ2n) is 8.72. The van der Waals surface area contributed by atoms with Crippen molar-refractivity contribution in [2.75, 3.05) is 26.1 Å². The van der Waals surface area contributed by atoms with Crippen LogP contribution in [-0.4, -0.2) is 36.6 Å². The smallest absolute Gasteiger partial charge is 0.275 e. The molecular formula is C29H30FN3O3S. The average molecular weight is 520 g/mol. The van der Waals surface area contributed by atoms with E-state index in [1.54, 1.807) is 19.6 Å². The first-order valence-electron chi connectivity index (χ1n) is 11.9. The number of carbonyl (C=O) groups excluding carboxylic acids is 1. The summed E-state index contributed by atoms with van der Waals surface area (Å²) >= 11 is 1.45. The lowest BCUT2D eigenvalue weighted by atomic mass is 10.1. The van der Waals surface area contributed by atoms with E-state index in [9.17, 15) is 9.18 Å². The number of nitrogens with zero attached hydrogens (tertiary/aromatic N) is 2. The minimum absolute atomic E-state index is 0.315. The highest BCUT2D eigenvalue weighted by atomic mass is 32.1. The Labute approximate surface area is 220 Å². The van der Waals surface area contributed by atoms with Gasteiger partial charge >= 0.3 is 0 Å². The molecule has 0 aliphatic heterocycles. The molecule has 0 saturated heterocycles. The number of halogens is 1. The summed E-state index contributed by atoms with van der Waals surface area (Å²) in [4.78, 5) is 19.5. The molecule has 192 valence electrons. The predicted octanol–water partition coefficient (Wildman–Crippen LogP) is 6.11. The fourth-order valence-electron chi connectivity index (χ4n) is 3.90. The van der Waals surface area contributed by atoms with Crippen LogP contribution >= 0.6 is 11.3 Å². The van der Waals surface area contributed by atoms with Crippen LogP contribution in [0.5, 0.6) is 11.5 Å². The van der Waals surface area contributed by atoms with Gasteiger partial charge < -0.3 is 14.8 Å². The maximum atomic E-state index is 13.2. The summed E-state index contributed by atoms with van der Waals surface area (Å²) in [7, 11) is 3.26. The van der Waals surface area contributed by atoms with E-state index in [1.165, 1.54) is 46.7 Å². The molecule has 1 aromatic heterocycles. The SMILES string of the molecule is COc1ccc(CCN(Cc2ccc(C)cc2)Cc2nc(C(=O)Nc3ccc(F)cc3)cs2)cc1OC. The second kappa shape index (κ2) is 12.5. The van der Waals surface area contributed by atoms with Crippen molar-refractivity contribution in [3.63, 3.8) is 0 Å². The Morgan fingerprint density at radius 3 is 2.35 bits per heavy atom. The quantitative estimate of drug-likeness (QED) is 0.259. The van der Waals surface area contributed by atoms with Crippen LogP contribution in [0.15, 0.2) is 72.1 Å². The van der Waals surface area contributed by atoms with Gasteiger partial charge in [0.1, 0.15) is 16.5 Å². The minimum atomic E-state index is -0.351. The third-order valence-corrected chi connectivity index (χ3v) is 6.77. The zero-order valence-corrected chi connectivity index (χ0v) is 22.0. The van der Waals surface area contributed by atoms with E-state index in [0.29, 0.717) is 29.4 Å². The van der Waals surface area contributed by atoms with Gasteiger partial charge in [-0.15, -0.1) is 11.3 Å². The van der Waals surface area contributed by atoms with Gasteiger partial charge in [-0.25, -0.2) is 9.37 Å². The number of thiazole rings is 1. The summed E-state index contributed by atoms with van der Waals surface area (Å²) in [6.07, 6.45) is 0.815. The number of ether oxygens (including phenoxy) is 2. The molecular weight excluding hydrogens is 489 g/mol. The maximum absolute atomic E-state index is 13.2. The summed E-state index contributed by atoms with van der Waals surface area (Å²) in [6.45, 7) is 4.23. The first kappa shape index (κ1) is 26.3. The van der Waals surface area contributed by atoms with Gasteiger partial charge in [-0.2, -0.15) is 0 Å². The molecule has 1 N–H and O–H groups in total. The summed E-state index contributed by atoms with van der Waals surface area (Å²) in [6, 6.07) is 20.2. The van der Waals surface area contributed by atoms with Crippen LogP contribution in [0.1, 0.15) is 32.2 Å². The van der Waals surface area contributed by atoms with Gasteiger partial charge in [-0.05, 0) is 60.9 Å². The standard InChI is InChI=1S/C29H30FN3O3S/c1-20-4-6-22(7-5-20)17-33(15-14-21-8-13-26(35-2)27(16-21)36-3)18-28-32-25(19-37-28)29(34)31-24-11-9-23(30)10-12-24/h4-13,16,19H,14-15,17-18H2,1-3H3,(H,31,34). The Hall–Kier alpha value is -3.75. The van der Waals surface area contributed by atoms with Crippen molar-refractivity contribution in [2.24, 2.45) is 0 Å². The molecule has 37 heavy (non-hydrogen) atoms. The first-order valence-corrected chi connectivity index (χ1v) is 12.8. The first-order chi connectivity index (χ1) is 17.9. The summed E-state index contributed by atoms with van der Waals surface area (Å²) < 4.78 is 24.0. The number of aromatic nitrogens is 1. The largest absolute Gasteiger partial charge is 0.493 e. The number of anilines is 1. The molecule has 0 saturated carbocycles. The summed E-state index contributed by atoms with van der Waals surface area (Å²) in [5.74, 6) is 0.749. The van der Waals surface area contributed by atoms with E-state index < -0.39 is 0 Å². The molecule has 0 atom stereocenters.